The summed E-state index contributed by atoms with van der Waals surface area (Å²) in [4.78, 5) is 24.1. The number of primary amides is 1. The second kappa shape index (κ2) is 7.92. The number of halogens is 1. The predicted molar refractivity (Wildman–Crippen MR) is 90.5 cm³/mol. The fourth-order valence-electron chi connectivity index (χ4n) is 2.54. The van der Waals surface area contributed by atoms with E-state index in [1.165, 1.54) is 12.1 Å². The second-order valence-corrected chi connectivity index (χ2v) is 6.30. The molecule has 2 aromatic rings. The van der Waals surface area contributed by atoms with Crippen LogP contribution in [0.1, 0.15) is 47.1 Å². The fraction of sp³-hybridized carbons (Fsp3) is 0.389. The number of amides is 2. The van der Waals surface area contributed by atoms with Crippen LogP contribution in [0, 0.1) is 18.7 Å². The van der Waals surface area contributed by atoms with E-state index in [1.54, 1.807) is 19.1 Å². The van der Waals surface area contributed by atoms with Crippen molar-refractivity contribution in [2.24, 2.45) is 11.7 Å². The average Bonchev–Trinajstić information content (AvgIpc) is 2.94. The molecule has 0 fully saturated rings. The number of nitrogens with two attached hydrogens (primary N) is 1. The summed E-state index contributed by atoms with van der Waals surface area (Å²) in [5.41, 5.74) is 7.08. The summed E-state index contributed by atoms with van der Waals surface area (Å²) in [5.74, 6) is -1.32. The molecule has 1 aromatic carbocycles. The second-order valence-electron chi connectivity index (χ2n) is 6.30. The number of nitrogens with zero attached hydrogens (tertiary/aromatic N) is 1. The van der Waals surface area contributed by atoms with E-state index in [1.807, 2.05) is 13.8 Å². The Morgan fingerprint density at radius 1 is 1.28 bits per heavy atom. The molecule has 2 amide bonds. The molecule has 1 heterocycles. The van der Waals surface area contributed by atoms with Crippen LogP contribution in [0.3, 0.4) is 0 Å². The predicted octanol–water partition coefficient (Wildman–Crippen LogP) is 2.32. The van der Waals surface area contributed by atoms with Gasteiger partial charge in [-0.15, -0.1) is 0 Å². The minimum atomic E-state index is -0.600. The molecular formula is C18H22FN3O3. The minimum Gasteiger partial charge on any atom is -0.369 e. The molecule has 3 N–H and O–H groups in total. The molecule has 134 valence electrons. The van der Waals surface area contributed by atoms with Gasteiger partial charge in [0, 0.05) is 12.5 Å². The van der Waals surface area contributed by atoms with Gasteiger partial charge in [-0.05, 0) is 31.0 Å². The van der Waals surface area contributed by atoms with E-state index in [-0.39, 0.29) is 24.2 Å². The van der Waals surface area contributed by atoms with Crippen molar-refractivity contribution in [1.29, 1.82) is 0 Å². The molecule has 6 nitrogen and oxygen atoms in total. The number of hydrogen-bond donors (Lipinski definition) is 2. The van der Waals surface area contributed by atoms with Gasteiger partial charge in [0.05, 0.1) is 11.6 Å². The van der Waals surface area contributed by atoms with Crippen LogP contribution < -0.4 is 11.1 Å². The van der Waals surface area contributed by atoms with E-state index in [0.717, 1.165) is 5.56 Å². The zero-order valence-electron chi connectivity index (χ0n) is 14.5. The molecule has 0 radical (unpaired) electrons. The molecule has 0 saturated carbocycles. The Bertz CT molecular complexity index is 753. The summed E-state index contributed by atoms with van der Waals surface area (Å²) in [6.45, 7) is 5.57. The first-order valence-electron chi connectivity index (χ1n) is 8.07. The first-order valence-corrected chi connectivity index (χ1v) is 8.07. The molecule has 0 saturated heterocycles. The largest absolute Gasteiger partial charge is 0.369 e. The summed E-state index contributed by atoms with van der Waals surface area (Å²) in [6.07, 6.45) is 0.315. The number of hydrogen-bond acceptors (Lipinski definition) is 4. The van der Waals surface area contributed by atoms with Crippen molar-refractivity contribution < 1.29 is 18.5 Å². The van der Waals surface area contributed by atoms with Crippen LogP contribution in [-0.2, 0) is 11.2 Å². The third-order valence-electron chi connectivity index (χ3n) is 3.95. The Morgan fingerprint density at radius 3 is 2.48 bits per heavy atom. The quantitative estimate of drug-likeness (QED) is 0.803. The van der Waals surface area contributed by atoms with Gasteiger partial charge in [0.2, 0.25) is 5.91 Å². The highest BCUT2D eigenvalue weighted by molar-refractivity contribution is 5.96. The molecular weight excluding hydrogens is 325 g/mol. The van der Waals surface area contributed by atoms with E-state index < -0.39 is 11.8 Å². The van der Waals surface area contributed by atoms with Crippen molar-refractivity contribution >= 4 is 11.8 Å². The summed E-state index contributed by atoms with van der Waals surface area (Å²) in [5, 5.41) is 6.55. The van der Waals surface area contributed by atoms with Gasteiger partial charge in [-0.25, -0.2) is 4.39 Å². The van der Waals surface area contributed by atoms with Crippen LogP contribution in [0.25, 0.3) is 0 Å². The molecule has 1 aromatic heterocycles. The van der Waals surface area contributed by atoms with Crippen molar-refractivity contribution in [2.75, 3.05) is 6.54 Å². The van der Waals surface area contributed by atoms with E-state index in [0.29, 0.717) is 23.4 Å². The molecule has 7 heteroatoms. The lowest BCUT2D eigenvalue weighted by molar-refractivity contribution is -0.121. The fourth-order valence-corrected chi connectivity index (χ4v) is 2.54. The Morgan fingerprint density at radius 2 is 1.92 bits per heavy atom. The maximum atomic E-state index is 13.0. The summed E-state index contributed by atoms with van der Waals surface area (Å²) >= 11 is 0. The number of nitrogens with one attached hydrogen (secondary N) is 1. The first kappa shape index (κ1) is 18.6. The average molecular weight is 347 g/mol. The maximum absolute atomic E-state index is 13.0. The van der Waals surface area contributed by atoms with Gasteiger partial charge in [0.25, 0.3) is 5.91 Å². The van der Waals surface area contributed by atoms with Crippen molar-refractivity contribution in [1.82, 2.24) is 10.5 Å². The Labute approximate surface area is 145 Å². The number of carbonyl (C=O) groups excluding carboxylic acids is 2. The Kier molecular flexibility index (Phi) is 5.90. The summed E-state index contributed by atoms with van der Waals surface area (Å²) in [6, 6.07) is 5.82. The standard InChI is InChI=1S/C18H22FN3O3/c1-10(2)16-15(11(3)22-25-16)18(24)21-9-13(17(20)23)8-12-4-6-14(19)7-5-12/h4-7,10,13H,8-9H2,1-3H3,(H2,20,23)(H,21,24)/t13-/m0/s1. The zero-order chi connectivity index (χ0) is 18.6. The SMILES string of the molecule is Cc1noc(C(C)C)c1C(=O)NC[C@H](Cc1ccc(F)cc1)C(N)=O. The molecule has 0 bridgehead atoms. The van der Waals surface area contributed by atoms with Crippen LogP contribution in [-0.4, -0.2) is 23.5 Å². The number of aryl methyl sites for hydroxylation is 1. The highest BCUT2D eigenvalue weighted by Gasteiger charge is 2.24. The smallest absolute Gasteiger partial charge is 0.256 e. The number of rotatable bonds is 7. The van der Waals surface area contributed by atoms with E-state index in [2.05, 4.69) is 10.5 Å². The van der Waals surface area contributed by atoms with Crippen molar-refractivity contribution in [2.45, 2.75) is 33.1 Å². The molecule has 0 aliphatic rings. The van der Waals surface area contributed by atoms with Gasteiger partial charge in [-0.2, -0.15) is 0 Å². The van der Waals surface area contributed by atoms with Gasteiger partial charge in [-0.3, -0.25) is 9.59 Å². The van der Waals surface area contributed by atoms with Crippen LogP contribution >= 0.6 is 0 Å². The maximum Gasteiger partial charge on any atom is 0.256 e. The lowest BCUT2D eigenvalue weighted by Gasteiger charge is -2.15. The normalized spacial score (nSPS) is 12.2. The number of benzene rings is 1. The van der Waals surface area contributed by atoms with Crippen LogP contribution in [0.15, 0.2) is 28.8 Å². The van der Waals surface area contributed by atoms with Gasteiger partial charge in [0.1, 0.15) is 11.4 Å². The monoisotopic (exact) mass is 347 g/mol. The number of aromatic nitrogens is 1. The van der Waals surface area contributed by atoms with E-state index in [9.17, 15) is 14.0 Å². The van der Waals surface area contributed by atoms with Crippen molar-refractivity contribution in [3.63, 3.8) is 0 Å². The summed E-state index contributed by atoms with van der Waals surface area (Å²) < 4.78 is 18.2. The molecule has 0 aliphatic heterocycles. The highest BCUT2D eigenvalue weighted by atomic mass is 19.1. The van der Waals surface area contributed by atoms with Gasteiger partial charge in [-0.1, -0.05) is 31.1 Å². The summed E-state index contributed by atoms with van der Waals surface area (Å²) in [7, 11) is 0. The first-order chi connectivity index (χ1) is 11.8. The van der Waals surface area contributed by atoms with E-state index >= 15 is 0 Å². The Balaban J connectivity index is 2.06. The molecule has 1 atom stereocenters. The topological polar surface area (TPSA) is 98.2 Å². The van der Waals surface area contributed by atoms with Crippen molar-refractivity contribution in [3.8, 4) is 0 Å². The lowest BCUT2D eigenvalue weighted by Crippen LogP contribution is -2.37. The molecule has 0 spiro atoms. The highest BCUT2D eigenvalue weighted by Crippen LogP contribution is 2.22. The van der Waals surface area contributed by atoms with E-state index in [4.69, 9.17) is 10.3 Å². The van der Waals surface area contributed by atoms with Crippen LogP contribution in [0.4, 0.5) is 4.39 Å². The molecule has 0 unspecified atom stereocenters. The van der Waals surface area contributed by atoms with Gasteiger partial charge in [0.15, 0.2) is 5.76 Å². The van der Waals surface area contributed by atoms with Gasteiger partial charge >= 0.3 is 0 Å². The van der Waals surface area contributed by atoms with Crippen molar-refractivity contribution in [3.05, 3.63) is 52.7 Å². The van der Waals surface area contributed by atoms with Crippen LogP contribution in [0.2, 0.25) is 0 Å². The molecule has 25 heavy (non-hydrogen) atoms. The molecule has 0 aliphatic carbocycles. The minimum absolute atomic E-state index is 0.00750. The lowest BCUT2D eigenvalue weighted by atomic mass is 9.98. The Hall–Kier alpha value is -2.70. The van der Waals surface area contributed by atoms with Gasteiger partial charge < -0.3 is 15.6 Å². The molecule has 2 rings (SSSR count). The van der Waals surface area contributed by atoms with Crippen LogP contribution in [0.5, 0.6) is 0 Å². The zero-order valence-corrected chi connectivity index (χ0v) is 14.5. The number of carbonyl (C=O) groups is 2. The third-order valence-corrected chi connectivity index (χ3v) is 3.95. The third kappa shape index (κ3) is 4.65.